The molecule has 0 saturated heterocycles. The third-order valence-electron chi connectivity index (χ3n) is 3.05. The largest absolute Gasteiger partial charge is 0.326 e. The molecule has 0 heterocycles. The average Bonchev–Trinajstić information content (AvgIpc) is 3.00. The third kappa shape index (κ3) is 1.82. The first-order valence-corrected chi connectivity index (χ1v) is 6.48. The van der Waals surface area contributed by atoms with E-state index >= 15 is 0 Å². The Labute approximate surface area is 90.1 Å². The molecule has 14 heavy (non-hydrogen) atoms. The Bertz CT molecular complexity index is 318. The molecule has 0 aromatic heterocycles. The number of thioether (sulfide) groups is 1. The first-order chi connectivity index (χ1) is 6.80. The summed E-state index contributed by atoms with van der Waals surface area (Å²) in [5, 5.41) is 0. The van der Waals surface area contributed by atoms with Crippen LogP contribution in [0.4, 0.5) is 0 Å². The second-order valence-corrected chi connectivity index (χ2v) is 4.98. The van der Waals surface area contributed by atoms with Crippen LogP contribution in [0.5, 0.6) is 0 Å². The normalized spacial score (nSPS) is 18.1. The Morgan fingerprint density at radius 3 is 2.79 bits per heavy atom. The molecule has 0 radical (unpaired) electrons. The summed E-state index contributed by atoms with van der Waals surface area (Å²) in [7, 11) is 0. The highest BCUT2D eigenvalue weighted by molar-refractivity contribution is 7.98. The fourth-order valence-corrected chi connectivity index (χ4v) is 2.98. The monoisotopic (exact) mass is 207 g/mol. The van der Waals surface area contributed by atoms with Crippen molar-refractivity contribution in [1.29, 1.82) is 0 Å². The van der Waals surface area contributed by atoms with Gasteiger partial charge in [0.05, 0.1) is 0 Å². The fourth-order valence-electron chi connectivity index (χ4n) is 1.97. The fraction of sp³-hybridized carbons (Fsp3) is 0.500. The molecule has 1 aromatic rings. The average molecular weight is 207 g/mol. The van der Waals surface area contributed by atoms with Crippen molar-refractivity contribution >= 4 is 11.8 Å². The summed E-state index contributed by atoms with van der Waals surface area (Å²) in [5.74, 6) is 1.25. The van der Waals surface area contributed by atoms with Crippen molar-refractivity contribution < 1.29 is 0 Å². The lowest BCUT2D eigenvalue weighted by Gasteiger charge is -2.14. The second-order valence-electron chi connectivity index (χ2n) is 4.12. The van der Waals surface area contributed by atoms with Gasteiger partial charge in [-0.1, -0.05) is 24.3 Å². The van der Waals surface area contributed by atoms with Crippen LogP contribution in [0.1, 0.15) is 24.0 Å². The van der Waals surface area contributed by atoms with Gasteiger partial charge in [-0.15, -0.1) is 0 Å². The van der Waals surface area contributed by atoms with Crippen molar-refractivity contribution in [1.82, 2.24) is 0 Å². The van der Waals surface area contributed by atoms with E-state index in [-0.39, 0.29) is 0 Å². The molecule has 0 unspecified atom stereocenters. The number of hydrogen-bond donors (Lipinski definition) is 1. The standard InChI is InChI=1S/C12H17NS/c1-14-9-12(5-6-12)11-4-2-3-10(7-11)8-13/h2-4,7H,5-6,8-9,13H2,1H3. The summed E-state index contributed by atoms with van der Waals surface area (Å²) in [5.41, 5.74) is 8.90. The Morgan fingerprint density at radius 1 is 1.43 bits per heavy atom. The van der Waals surface area contributed by atoms with Crippen LogP contribution < -0.4 is 5.73 Å². The molecule has 0 aliphatic heterocycles. The quantitative estimate of drug-likeness (QED) is 0.821. The number of hydrogen-bond acceptors (Lipinski definition) is 2. The molecular formula is C12H17NS. The molecule has 2 rings (SSSR count). The zero-order valence-corrected chi connectivity index (χ0v) is 9.44. The van der Waals surface area contributed by atoms with E-state index in [4.69, 9.17) is 5.73 Å². The van der Waals surface area contributed by atoms with E-state index in [1.54, 1.807) is 0 Å². The molecule has 1 aromatic carbocycles. The molecule has 0 spiro atoms. The SMILES string of the molecule is CSCC1(c2cccc(CN)c2)CC1. The minimum absolute atomic E-state index is 0.491. The van der Waals surface area contributed by atoms with Gasteiger partial charge in [0.25, 0.3) is 0 Å². The van der Waals surface area contributed by atoms with Gasteiger partial charge < -0.3 is 5.73 Å². The lowest BCUT2D eigenvalue weighted by molar-refractivity contribution is 0.800. The number of nitrogens with two attached hydrogens (primary N) is 1. The van der Waals surface area contributed by atoms with Crippen molar-refractivity contribution in [2.75, 3.05) is 12.0 Å². The van der Waals surface area contributed by atoms with Gasteiger partial charge in [0.15, 0.2) is 0 Å². The van der Waals surface area contributed by atoms with Gasteiger partial charge in [0.2, 0.25) is 0 Å². The molecule has 0 amide bonds. The van der Waals surface area contributed by atoms with Crippen LogP contribution >= 0.6 is 11.8 Å². The van der Waals surface area contributed by atoms with Crippen LogP contribution in [0, 0.1) is 0 Å². The minimum atomic E-state index is 0.491. The van der Waals surface area contributed by atoms with Gasteiger partial charge >= 0.3 is 0 Å². The van der Waals surface area contributed by atoms with Crippen LogP contribution in [-0.2, 0) is 12.0 Å². The van der Waals surface area contributed by atoms with Gasteiger partial charge in [0.1, 0.15) is 0 Å². The number of rotatable bonds is 4. The van der Waals surface area contributed by atoms with Gasteiger partial charge in [-0.2, -0.15) is 11.8 Å². The Balaban J connectivity index is 2.23. The van der Waals surface area contributed by atoms with E-state index in [1.165, 1.54) is 29.7 Å². The number of benzene rings is 1. The maximum absolute atomic E-state index is 5.65. The van der Waals surface area contributed by atoms with Gasteiger partial charge in [-0.25, -0.2) is 0 Å². The van der Waals surface area contributed by atoms with Gasteiger partial charge in [-0.3, -0.25) is 0 Å². The molecular weight excluding hydrogens is 190 g/mol. The predicted octanol–water partition coefficient (Wildman–Crippen LogP) is 2.54. The highest BCUT2D eigenvalue weighted by atomic mass is 32.2. The van der Waals surface area contributed by atoms with Crippen LogP contribution in [0.2, 0.25) is 0 Å². The summed E-state index contributed by atoms with van der Waals surface area (Å²) < 4.78 is 0. The lowest BCUT2D eigenvalue weighted by atomic mass is 9.96. The van der Waals surface area contributed by atoms with Crippen molar-refractivity contribution in [3.05, 3.63) is 35.4 Å². The zero-order valence-electron chi connectivity index (χ0n) is 8.62. The summed E-state index contributed by atoms with van der Waals surface area (Å²) in [4.78, 5) is 0. The van der Waals surface area contributed by atoms with Crippen LogP contribution in [0.15, 0.2) is 24.3 Å². The summed E-state index contributed by atoms with van der Waals surface area (Å²) in [6.07, 6.45) is 4.89. The van der Waals surface area contributed by atoms with E-state index in [1.807, 2.05) is 11.8 Å². The summed E-state index contributed by atoms with van der Waals surface area (Å²) in [6, 6.07) is 8.78. The molecule has 1 nitrogen and oxygen atoms in total. The Kier molecular flexibility index (Phi) is 2.84. The predicted molar refractivity (Wildman–Crippen MR) is 63.6 cm³/mol. The first kappa shape index (κ1) is 10.1. The zero-order chi connectivity index (χ0) is 10.0. The molecule has 1 fully saturated rings. The summed E-state index contributed by atoms with van der Waals surface area (Å²) in [6.45, 7) is 0.656. The molecule has 0 atom stereocenters. The molecule has 2 N–H and O–H groups in total. The molecule has 1 saturated carbocycles. The Hall–Kier alpha value is -0.470. The molecule has 1 aliphatic rings. The van der Waals surface area contributed by atoms with Crippen LogP contribution in [-0.4, -0.2) is 12.0 Å². The Morgan fingerprint density at radius 2 is 2.21 bits per heavy atom. The minimum Gasteiger partial charge on any atom is -0.326 e. The van der Waals surface area contributed by atoms with Gasteiger partial charge in [0, 0.05) is 17.7 Å². The van der Waals surface area contributed by atoms with Gasteiger partial charge in [-0.05, 0) is 30.2 Å². The highest BCUT2D eigenvalue weighted by Gasteiger charge is 2.43. The molecule has 0 bridgehead atoms. The molecule has 1 aliphatic carbocycles. The van der Waals surface area contributed by atoms with Crippen molar-refractivity contribution in [3.8, 4) is 0 Å². The maximum Gasteiger partial charge on any atom is 0.0178 e. The van der Waals surface area contributed by atoms with Crippen molar-refractivity contribution in [2.24, 2.45) is 5.73 Å². The maximum atomic E-state index is 5.65. The van der Waals surface area contributed by atoms with Crippen molar-refractivity contribution in [3.63, 3.8) is 0 Å². The topological polar surface area (TPSA) is 26.0 Å². The van der Waals surface area contributed by atoms with E-state index in [2.05, 4.69) is 30.5 Å². The molecule has 76 valence electrons. The van der Waals surface area contributed by atoms with Crippen LogP contribution in [0.3, 0.4) is 0 Å². The van der Waals surface area contributed by atoms with E-state index in [0.717, 1.165) is 0 Å². The highest BCUT2D eigenvalue weighted by Crippen LogP contribution is 2.50. The molecule has 2 heteroatoms. The smallest absolute Gasteiger partial charge is 0.0178 e. The third-order valence-corrected chi connectivity index (χ3v) is 3.89. The second kappa shape index (κ2) is 3.95. The van der Waals surface area contributed by atoms with Crippen molar-refractivity contribution in [2.45, 2.75) is 24.8 Å². The lowest BCUT2D eigenvalue weighted by Crippen LogP contribution is -2.10. The van der Waals surface area contributed by atoms with Crippen LogP contribution in [0.25, 0.3) is 0 Å². The van der Waals surface area contributed by atoms with E-state index in [9.17, 15) is 0 Å². The van der Waals surface area contributed by atoms with E-state index in [0.29, 0.717) is 12.0 Å². The first-order valence-electron chi connectivity index (χ1n) is 5.09. The van der Waals surface area contributed by atoms with E-state index < -0.39 is 0 Å². The summed E-state index contributed by atoms with van der Waals surface area (Å²) >= 11 is 1.95.